The van der Waals surface area contributed by atoms with Crippen LogP contribution in [0.4, 0.5) is 0 Å². The maximum atomic E-state index is 6.81. The van der Waals surface area contributed by atoms with Crippen LogP contribution in [0.1, 0.15) is 64.0 Å². The van der Waals surface area contributed by atoms with Gasteiger partial charge in [-0.1, -0.05) is 81.6 Å². The highest BCUT2D eigenvalue weighted by Gasteiger charge is 2.47. The molecule has 0 spiro atoms. The van der Waals surface area contributed by atoms with Gasteiger partial charge in [-0.2, -0.15) is 0 Å². The number of ether oxygens (including phenoxy) is 2. The number of hydrogen-bond acceptors (Lipinski definition) is 2. The monoisotopic (exact) mass is 426 g/mol. The van der Waals surface area contributed by atoms with Crippen LogP contribution in [-0.4, -0.2) is 38.3 Å². The predicted octanol–water partition coefficient (Wildman–Crippen LogP) is 6.95. The van der Waals surface area contributed by atoms with E-state index < -0.39 is 0 Å². The van der Waals surface area contributed by atoms with Crippen LogP contribution >= 0.6 is 0 Å². The molecule has 0 amide bonds. The third-order valence-corrected chi connectivity index (χ3v) is 6.57. The zero-order valence-electron chi connectivity index (χ0n) is 20.7. The predicted molar refractivity (Wildman–Crippen MR) is 131 cm³/mol. The van der Waals surface area contributed by atoms with E-state index in [2.05, 4.69) is 78.2 Å². The van der Waals surface area contributed by atoms with E-state index in [0.29, 0.717) is 13.2 Å². The van der Waals surface area contributed by atoms with Crippen molar-refractivity contribution in [2.75, 3.05) is 33.9 Å². The zero-order valence-corrected chi connectivity index (χ0v) is 20.7. The third-order valence-electron chi connectivity index (χ3n) is 6.57. The lowest BCUT2D eigenvalue weighted by molar-refractivity contribution is -0.976. The highest BCUT2D eigenvalue weighted by atomic mass is 16.6. The Hall–Kier alpha value is -1.84. The Morgan fingerprint density at radius 3 is 2.19 bits per heavy atom. The summed E-state index contributed by atoms with van der Waals surface area (Å²) in [6.45, 7) is 11.1. The molecule has 0 bridgehead atoms. The quantitative estimate of drug-likeness (QED) is 0.185. The van der Waals surface area contributed by atoms with Crippen LogP contribution in [0.15, 0.2) is 54.6 Å². The van der Waals surface area contributed by atoms with Gasteiger partial charge in [0.15, 0.2) is 0 Å². The molecule has 1 unspecified atom stereocenters. The summed E-state index contributed by atoms with van der Waals surface area (Å²) >= 11 is 0. The van der Waals surface area contributed by atoms with Gasteiger partial charge in [0.2, 0.25) is 5.72 Å². The van der Waals surface area contributed by atoms with Gasteiger partial charge in [-0.05, 0) is 37.8 Å². The number of quaternary nitrogens is 1. The number of hydrogen-bond donors (Lipinski definition) is 0. The lowest BCUT2D eigenvalue weighted by atomic mass is 9.91. The summed E-state index contributed by atoms with van der Waals surface area (Å²) in [6, 6.07) is 19.0. The summed E-state index contributed by atoms with van der Waals surface area (Å²) in [6.07, 6.45) is 6.02. The van der Waals surface area contributed by atoms with Crippen LogP contribution in [0.5, 0.6) is 5.75 Å². The SMILES string of the molecule is CC[N+](C)(C)C(CCCCCC(C)C)(OCCOc1ccccc1C)c1ccccc1. The molecule has 1 atom stereocenters. The Morgan fingerprint density at radius 2 is 1.55 bits per heavy atom. The molecule has 0 aliphatic rings. The highest BCUT2D eigenvalue weighted by Crippen LogP contribution is 2.39. The van der Waals surface area contributed by atoms with Crippen molar-refractivity contribution in [2.24, 2.45) is 5.92 Å². The smallest absolute Gasteiger partial charge is 0.229 e. The first kappa shape index (κ1) is 25.4. The average Bonchev–Trinajstić information content (AvgIpc) is 2.76. The first-order valence-corrected chi connectivity index (χ1v) is 12.0. The molecule has 0 N–H and O–H groups in total. The zero-order chi connectivity index (χ0) is 22.7. The minimum absolute atomic E-state index is 0.372. The van der Waals surface area contributed by atoms with Gasteiger partial charge in [0.25, 0.3) is 0 Å². The topological polar surface area (TPSA) is 18.5 Å². The minimum atomic E-state index is -0.372. The maximum absolute atomic E-state index is 6.81. The fourth-order valence-corrected chi connectivity index (χ4v) is 4.26. The molecule has 0 saturated carbocycles. The number of para-hydroxylation sites is 1. The van der Waals surface area contributed by atoms with E-state index in [0.717, 1.165) is 34.7 Å². The number of aryl methyl sites for hydroxylation is 1. The highest BCUT2D eigenvalue weighted by molar-refractivity contribution is 5.31. The summed E-state index contributed by atoms with van der Waals surface area (Å²) < 4.78 is 13.7. The van der Waals surface area contributed by atoms with Crippen LogP contribution in [0.3, 0.4) is 0 Å². The van der Waals surface area contributed by atoms with Crippen molar-refractivity contribution in [1.82, 2.24) is 0 Å². The molecule has 2 aromatic rings. The van der Waals surface area contributed by atoms with Gasteiger partial charge in [-0.3, -0.25) is 4.48 Å². The summed E-state index contributed by atoms with van der Waals surface area (Å²) in [4.78, 5) is 0. The van der Waals surface area contributed by atoms with Crippen LogP contribution in [-0.2, 0) is 10.5 Å². The lowest BCUT2D eigenvalue weighted by Gasteiger charge is -2.48. The molecule has 2 rings (SSSR count). The molecule has 31 heavy (non-hydrogen) atoms. The van der Waals surface area contributed by atoms with Gasteiger partial charge in [0, 0.05) is 12.0 Å². The summed E-state index contributed by atoms with van der Waals surface area (Å²) in [5.74, 6) is 1.71. The standard InChI is InChI=1S/C28H44NO2/c1-7-29(5,6)28(26-18-11-8-12-19-26,21-15-9-10-16-24(2)3)31-23-22-30-27-20-14-13-17-25(27)4/h8,11-14,17-20,24H,7,9-10,15-16,21-23H2,1-6H3/q+1. The van der Waals surface area contributed by atoms with E-state index in [1.807, 2.05) is 18.2 Å². The minimum Gasteiger partial charge on any atom is -0.491 e. The number of unbranched alkanes of at least 4 members (excludes halogenated alkanes) is 2. The first-order chi connectivity index (χ1) is 14.8. The van der Waals surface area contributed by atoms with Crippen molar-refractivity contribution in [1.29, 1.82) is 0 Å². The average molecular weight is 427 g/mol. The molecule has 2 aromatic carbocycles. The molecule has 0 aliphatic carbocycles. The van der Waals surface area contributed by atoms with E-state index in [4.69, 9.17) is 9.47 Å². The van der Waals surface area contributed by atoms with Crippen LogP contribution in [0, 0.1) is 12.8 Å². The van der Waals surface area contributed by atoms with Gasteiger partial charge in [-0.15, -0.1) is 0 Å². The molecule has 0 fully saturated rings. The normalized spacial score (nSPS) is 13.9. The molecule has 3 heteroatoms. The van der Waals surface area contributed by atoms with E-state index in [1.54, 1.807) is 0 Å². The van der Waals surface area contributed by atoms with Gasteiger partial charge in [0.1, 0.15) is 12.4 Å². The lowest BCUT2D eigenvalue weighted by Crippen LogP contribution is -2.59. The Balaban J connectivity index is 2.15. The van der Waals surface area contributed by atoms with E-state index >= 15 is 0 Å². The molecule has 0 saturated heterocycles. The number of benzene rings is 2. The Bertz CT molecular complexity index is 757. The second-order valence-corrected chi connectivity index (χ2v) is 9.61. The van der Waals surface area contributed by atoms with Crippen LogP contribution < -0.4 is 4.74 Å². The number of rotatable bonds is 14. The Labute approximate surface area is 191 Å². The Morgan fingerprint density at radius 1 is 0.871 bits per heavy atom. The second-order valence-electron chi connectivity index (χ2n) is 9.61. The van der Waals surface area contributed by atoms with Crippen molar-refractivity contribution in [3.8, 4) is 5.75 Å². The van der Waals surface area contributed by atoms with Crippen molar-refractivity contribution >= 4 is 0 Å². The molecule has 172 valence electrons. The summed E-state index contributed by atoms with van der Waals surface area (Å²) in [7, 11) is 4.59. The van der Waals surface area contributed by atoms with Gasteiger partial charge >= 0.3 is 0 Å². The number of nitrogens with zero attached hydrogens (tertiary/aromatic N) is 1. The first-order valence-electron chi connectivity index (χ1n) is 12.0. The van der Waals surface area contributed by atoms with E-state index in [1.165, 1.54) is 31.2 Å². The fourth-order valence-electron chi connectivity index (χ4n) is 4.26. The molecular formula is C28H44NO2+. The van der Waals surface area contributed by atoms with Crippen LogP contribution in [0.25, 0.3) is 0 Å². The van der Waals surface area contributed by atoms with Gasteiger partial charge in [-0.25, -0.2) is 0 Å². The van der Waals surface area contributed by atoms with Crippen LogP contribution in [0.2, 0.25) is 0 Å². The van der Waals surface area contributed by atoms with Crippen molar-refractivity contribution in [2.45, 2.75) is 65.5 Å². The second kappa shape index (κ2) is 12.3. The molecular weight excluding hydrogens is 382 g/mol. The molecule has 0 aromatic heterocycles. The molecule has 0 aliphatic heterocycles. The largest absolute Gasteiger partial charge is 0.491 e. The fraction of sp³-hybridized carbons (Fsp3) is 0.571. The Kier molecular flexibility index (Phi) is 10.1. The van der Waals surface area contributed by atoms with Crippen molar-refractivity contribution in [3.63, 3.8) is 0 Å². The van der Waals surface area contributed by atoms with Gasteiger partial charge in [0.05, 0.1) is 27.2 Å². The molecule has 0 heterocycles. The summed E-state index contributed by atoms with van der Waals surface area (Å²) in [5.41, 5.74) is 2.05. The molecule has 0 radical (unpaired) electrons. The third kappa shape index (κ3) is 7.08. The van der Waals surface area contributed by atoms with Crippen molar-refractivity contribution in [3.05, 3.63) is 65.7 Å². The summed E-state index contributed by atoms with van der Waals surface area (Å²) in [5, 5.41) is 0. The van der Waals surface area contributed by atoms with E-state index in [9.17, 15) is 0 Å². The maximum Gasteiger partial charge on any atom is 0.229 e. The van der Waals surface area contributed by atoms with Gasteiger partial charge < -0.3 is 9.47 Å². The van der Waals surface area contributed by atoms with E-state index in [-0.39, 0.29) is 5.72 Å². The van der Waals surface area contributed by atoms with Crippen molar-refractivity contribution < 1.29 is 14.0 Å². The molecule has 3 nitrogen and oxygen atoms in total.